The molecule has 1 unspecified atom stereocenters. The van der Waals surface area contributed by atoms with Crippen molar-refractivity contribution in [1.82, 2.24) is 5.32 Å². The lowest BCUT2D eigenvalue weighted by Crippen LogP contribution is -2.16. The van der Waals surface area contributed by atoms with Crippen LogP contribution >= 0.6 is 22.9 Å². The monoisotopic (exact) mass is 265 g/mol. The molecule has 1 nitrogen and oxygen atoms in total. The van der Waals surface area contributed by atoms with Crippen molar-refractivity contribution in [3.8, 4) is 0 Å². The first-order valence-corrected chi connectivity index (χ1v) is 6.95. The molecule has 0 aliphatic rings. The van der Waals surface area contributed by atoms with E-state index < -0.39 is 0 Å². The van der Waals surface area contributed by atoms with Gasteiger partial charge in [-0.1, -0.05) is 42.8 Å². The number of thiophene rings is 1. The van der Waals surface area contributed by atoms with Gasteiger partial charge in [-0.25, -0.2) is 0 Å². The summed E-state index contributed by atoms with van der Waals surface area (Å²) in [4.78, 5) is 1.25. The third-order valence-corrected chi connectivity index (χ3v) is 4.18. The Hall–Kier alpha value is -0.830. The SMILES string of the molecule is CCc1ccc(C(NC)c2ccc(Cl)s2)cc1. The van der Waals surface area contributed by atoms with Crippen LogP contribution in [0.1, 0.15) is 29.0 Å². The number of halogens is 1. The first-order chi connectivity index (χ1) is 8.24. The van der Waals surface area contributed by atoms with Crippen molar-refractivity contribution >= 4 is 22.9 Å². The van der Waals surface area contributed by atoms with Crippen LogP contribution in [0.5, 0.6) is 0 Å². The van der Waals surface area contributed by atoms with E-state index in [1.807, 2.05) is 13.1 Å². The summed E-state index contributed by atoms with van der Waals surface area (Å²) >= 11 is 7.62. The molecule has 1 atom stereocenters. The normalized spacial score (nSPS) is 12.6. The van der Waals surface area contributed by atoms with Gasteiger partial charge < -0.3 is 5.32 Å². The van der Waals surface area contributed by atoms with E-state index >= 15 is 0 Å². The van der Waals surface area contributed by atoms with Gasteiger partial charge in [0.1, 0.15) is 0 Å². The molecule has 0 spiro atoms. The van der Waals surface area contributed by atoms with Crippen molar-refractivity contribution < 1.29 is 0 Å². The zero-order chi connectivity index (χ0) is 12.3. The summed E-state index contributed by atoms with van der Waals surface area (Å²) in [6.45, 7) is 2.17. The maximum Gasteiger partial charge on any atom is 0.0931 e. The van der Waals surface area contributed by atoms with Gasteiger partial charge in [-0.15, -0.1) is 11.3 Å². The number of rotatable bonds is 4. The summed E-state index contributed by atoms with van der Waals surface area (Å²) in [5, 5.41) is 3.34. The van der Waals surface area contributed by atoms with Crippen molar-refractivity contribution in [1.29, 1.82) is 0 Å². The molecule has 2 aromatic rings. The van der Waals surface area contributed by atoms with Crippen molar-refractivity contribution in [3.63, 3.8) is 0 Å². The minimum Gasteiger partial charge on any atom is -0.309 e. The highest BCUT2D eigenvalue weighted by atomic mass is 35.5. The van der Waals surface area contributed by atoms with Crippen LogP contribution in [-0.2, 0) is 6.42 Å². The molecule has 0 amide bonds. The van der Waals surface area contributed by atoms with Gasteiger partial charge in [0.05, 0.1) is 10.4 Å². The summed E-state index contributed by atoms with van der Waals surface area (Å²) < 4.78 is 0.838. The molecule has 2 rings (SSSR count). The summed E-state index contributed by atoms with van der Waals surface area (Å²) in [6.07, 6.45) is 1.08. The quantitative estimate of drug-likeness (QED) is 0.870. The van der Waals surface area contributed by atoms with Gasteiger partial charge in [-0.05, 0) is 36.7 Å². The zero-order valence-electron chi connectivity index (χ0n) is 10.0. The number of benzene rings is 1. The minimum absolute atomic E-state index is 0.235. The molecule has 1 aromatic heterocycles. The van der Waals surface area contributed by atoms with Gasteiger partial charge in [0.15, 0.2) is 0 Å². The molecule has 0 saturated heterocycles. The maximum atomic E-state index is 5.99. The number of hydrogen-bond acceptors (Lipinski definition) is 2. The molecule has 3 heteroatoms. The largest absolute Gasteiger partial charge is 0.309 e. The maximum absolute atomic E-state index is 5.99. The second-order valence-corrected chi connectivity index (χ2v) is 5.71. The van der Waals surface area contributed by atoms with E-state index in [4.69, 9.17) is 11.6 Å². The van der Waals surface area contributed by atoms with Crippen LogP contribution in [-0.4, -0.2) is 7.05 Å². The van der Waals surface area contributed by atoms with Crippen LogP contribution in [0, 0.1) is 0 Å². The van der Waals surface area contributed by atoms with Crippen LogP contribution in [0.4, 0.5) is 0 Å². The lowest BCUT2D eigenvalue weighted by atomic mass is 10.0. The van der Waals surface area contributed by atoms with Crippen molar-refractivity contribution in [2.75, 3.05) is 7.05 Å². The Morgan fingerprint density at radius 1 is 1.18 bits per heavy atom. The molecule has 17 heavy (non-hydrogen) atoms. The van der Waals surface area contributed by atoms with E-state index in [2.05, 4.69) is 42.6 Å². The van der Waals surface area contributed by atoms with Crippen LogP contribution in [0.25, 0.3) is 0 Å². The fraction of sp³-hybridized carbons (Fsp3) is 0.286. The second-order valence-electron chi connectivity index (χ2n) is 3.96. The van der Waals surface area contributed by atoms with E-state index in [0.717, 1.165) is 10.8 Å². The zero-order valence-corrected chi connectivity index (χ0v) is 11.6. The summed E-state index contributed by atoms with van der Waals surface area (Å²) in [5.41, 5.74) is 2.65. The van der Waals surface area contributed by atoms with Crippen LogP contribution in [0.3, 0.4) is 0 Å². The van der Waals surface area contributed by atoms with E-state index in [1.54, 1.807) is 11.3 Å². The lowest BCUT2D eigenvalue weighted by molar-refractivity contribution is 0.703. The highest BCUT2D eigenvalue weighted by molar-refractivity contribution is 7.16. The third-order valence-electron chi connectivity index (χ3n) is 2.89. The molecule has 0 radical (unpaired) electrons. The van der Waals surface area contributed by atoms with Crippen LogP contribution < -0.4 is 5.32 Å². The Morgan fingerprint density at radius 2 is 1.88 bits per heavy atom. The Kier molecular flexibility index (Phi) is 4.21. The Bertz CT molecular complexity index is 475. The smallest absolute Gasteiger partial charge is 0.0931 e. The topological polar surface area (TPSA) is 12.0 Å². The first-order valence-electron chi connectivity index (χ1n) is 5.76. The Labute approximate surface area is 111 Å². The summed E-state index contributed by atoms with van der Waals surface area (Å²) in [7, 11) is 1.98. The van der Waals surface area contributed by atoms with E-state index in [-0.39, 0.29) is 6.04 Å². The number of nitrogens with one attached hydrogen (secondary N) is 1. The highest BCUT2D eigenvalue weighted by Crippen LogP contribution is 2.30. The average Bonchev–Trinajstić information content (AvgIpc) is 2.78. The number of aryl methyl sites for hydroxylation is 1. The molecule has 0 bridgehead atoms. The summed E-state index contributed by atoms with van der Waals surface area (Å²) in [5.74, 6) is 0. The lowest BCUT2D eigenvalue weighted by Gasteiger charge is -2.15. The van der Waals surface area contributed by atoms with Gasteiger partial charge >= 0.3 is 0 Å². The fourth-order valence-electron chi connectivity index (χ4n) is 1.90. The molecule has 0 aliphatic heterocycles. The van der Waals surface area contributed by atoms with Crippen molar-refractivity contribution in [2.45, 2.75) is 19.4 Å². The highest BCUT2D eigenvalue weighted by Gasteiger charge is 2.13. The molecular weight excluding hydrogens is 250 g/mol. The standard InChI is InChI=1S/C14H16ClNS/c1-3-10-4-6-11(7-5-10)14(16-2)12-8-9-13(15)17-12/h4-9,14,16H,3H2,1-2H3. The first kappa shape index (κ1) is 12.6. The Morgan fingerprint density at radius 3 is 2.35 bits per heavy atom. The van der Waals surface area contributed by atoms with Gasteiger partial charge in [-0.3, -0.25) is 0 Å². The predicted octanol–water partition coefficient (Wildman–Crippen LogP) is 4.27. The molecule has 0 fully saturated rings. The van der Waals surface area contributed by atoms with Crippen molar-refractivity contribution in [2.24, 2.45) is 0 Å². The van der Waals surface area contributed by atoms with Crippen molar-refractivity contribution in [3.05, 3.63) is 56.7 Å². The van der Waals surface area contributed by atoms with Crippen LogP contribution in [0.15, 0.2) is 36.4 Å². The van der Waals surface area contributed by atoms with E-state index in [0.29, 0.717) is 0 Å². The van der Waals surface area contributed by atoms with E-state index in [9.17, 15) is 0 Å². The molecule has 1 heterocycles. The van der Waals surface area contributed by atoms with Gasteiger partial charge in [0.25, 0.3) is 0 Å². The third kappa shape index (κ3) is 2.89. The van der Waals surface area contributed by atoms with Gasteiger partial charge in [-0.2, -0.15) is 0 Å². The second kappa shape index (κ2) is 5.67. The molecule has 90 valence electrons. The van der Waals surface area contributed by atoms with E-state index in [1.165, 1.54) is 16.0 Å². The average molecular weight is 266 g/mol. The number of hydrogen-bond donors (Lipinski definition) is 1. The molecule has 0 saturated carbocycles. The molecule has 0 aliphatic carbocycles. The molecular formula is C14H16ClNS. The Balaban J connectivity index is 2.28. The fourth-order valence-corrected chi connectivity index (χ4v) is 3.10. The molecule has 1 N–H and O–H groups in total. The van der Waals surface area contributed by atoms with Crippen LogP contribution in [0.2, 0.25) is 4.34 Å². The van der Waals surface area contributed by atoms with Gasteiger partial charge in [0, 0.05) is 4.88 Å². The minimum atomic E-state index is 0.235. The molecule has 1 aromatic carbocycles. The van der Waals surface area contributed by atoms with Gasteiger partial charge in [0.2, 0.25) is 0 Å². The summed E-state index contributed by atoms with van der Waals surface area (Å²) in [6, 6.07) is 13.0. The predicted molar refractivity (Wildman–Crippen MR) is 76.1 cm³/mol.